The molecule has 2 rings (SSSR count). The predicted octanol–water partition coefficient (Wildman–Crippen LogP) is 0.239. The van der Waals surface area contributed by atoms with E-state index in [1.807, 2.05) is 4.90 Å². The first kappa shape index (κ1) is 12.2. The summed E-state index contributed by atoms with van der Waals surface area (Å²) in [5, 5.41) is 0. The standard InChI is InChI=1S/C11H20N2O2S/c14-11(10-2-1-8-15-10)13-5-3-12(4-6-13)7-9-16/h10,16H,1-9H2. The number of amides is 1. The van der Waals surface area contributed by atoms with Crippen LogP contribution in [0.5, 0.6) is 0 Å². The molecule has 0 spiro atoms. The smallest absolute Gasteiger partial charge is 0.251 e. The van der Waals surface area contributed by atoms with Crippen LogP contribution in [0.3, 0.4) is 0 Å². The van der Waals surface area contributed by atoms with Crippen molar-refractivity contribution in [2.24, 2.45) is 0 Å². The van der Waals surface area contributed by atoms with Crippen molar-refractivity contribution in [3.8, 4) is 0 Å². The van der Waals surface area contributed by atoms with E-state index in [9.17, 15) is 4.79 Å². The van der Waals surface area contributed by atoms with Crippen molar-refractivity contribution in [3.63, 3.8) is 0 Å². The third-order valence-electron chi connectivity index (χ3n) is 3.31. The van der Waals surface area contributed by atoms with E-state index in [0.29, 0.717) is 0 Å². The van der Waals surface area contributed by atoms with Gasteiger partial charge in [-0.15, -0.1) is 0 Å². The van der Waals surface area contributed by atoms with E-state index in [1.54, 1.807) is 0 Å². The molecule has 0 N–H and O–H groups in total. The van der Waals surface area contributed by atoms with Gasteiger partial charge in [0.2, 0.25) is 0 Å². The number of thiol groups is 1. The minimum absolute atomic E-state index is 0.156. The van der Waals surface area contributed by atoms with Gasteiger partial charge in [-0.3, -0.25) is 9.69 Å². The molecule has 2 saturated heterocycles. The number of hydrogen-bond donors (Lipinski definition) is 1. The number of piperazine rings is 1. The van der Waals surface area contributed by atoms with Gasteiger partial charge in [0.1, 0.15) is 6.10 Å². The van der Waals surface area contributed by atoms with Crippen LogP contribution in [-0.2, 0) is 9.53 Å². The van der Waals surface area contributed by atoms with E-state index in [4.69, 9.17) is 4.74 Å². The van der Waals surface area contributed by atoms with Gasteiger partial charge in [0.15, 0.2) is 0 Å². The molecule has 0 aromatic heterocycles. The molecular weight excluding hydrogens is 224 g/mol. The van der Waals surface area contributed by atoms with Gasteiger partial charge in [0.25, 0.3) is 5.91 Å². The molecule has 2 aliphatic rings. The van der Waals surface area contributed by atoms with Gasteiger partial charge >= 0.3 is 0 Å². The average molecular weight is 244 g/mol. The molecule has 1 amide bonds. The maximum atomic E-state index is 12.0. The minimum atomic E-state index is -0.156. The Labute approximate surface area is 102 Å². The van der Waals surface area contributed by atoms with Crippen LogP contribution >= 0.6 is 12.6 Å². The number of carbonyl (C=O) groups excluding carboxylic acids is 1. The SMILES string of the molecule is O=C(C1CCCO1)N1CCN(CCS)CC1. The van der Waals surface area contributed by atoms with E-state index in [0.717, 1.165) is 57.9 Å². The third-order valence-corrected chi connectivity index (χ3v) is 3.51. The minimum Gasteiger partial charge on any atom is -0.368 e. The van der Waals surface area contributed by atoms with E-state index in [2.05, 4.69) is 17.5 Å². The zero-order chi connectivity index (χ0) is 11.4. The second-order valence-electron chi connectivity index (χ2n) is 4.39. The summed E-state index contributed by atoms with van der Waals surface area (Å²) in [5.74, 6) is 1.09. The van der Waals surface area contributed by atoms with Crippen molar-refractivity contribution < 1.29 is 9.53 Å². The summed E-state index contributed by atoms with van der Waals surface area (Å²) in [6, 6.07) is 0. The Morgan fingerprint density at radius 3 is 2.62 bits per heavy atom. The largest absolute Gasteiger partial charge is 0.368 e. The molecule has 0 bridgehead atoms. The normalized spacial score (nSPS) is 27.3. The van der Waals surface area contributed by atoms with Crippen LogP contribution in [-0.4, -0.2) is 66.9 Å². The molecule has 1 unspecified atom stereocenters. The first-order valence-corrected chi connectivity index (χ1v) is 6.68. The Bertz CT molecular complexity index is 236. The lowest BCUT2D eigenvalue weighted by molar-refractivity contribution is -0.142. The summed E-state index contributed by atoms with van der Waals surface area (Å²) in [4.78, 5) is 16.3. The zero-order valence-corrected chi connectivity index (χ0v) is 10.5. The molecule has 4 nitrogen and oxygen atoms in total. The summed E-state index contributed by atoms with van der Waals surface area (Å²) < 4.78 is 5.43. The molecule has 92 valence electrons. The number of rotatable bonds is 3. The lowest BCUT2D eigenvalue weighted by Gasteiger charge is -2.35. The molecule has 16 heavy (non-hydrogen) atoms. The molecule has 0 aliphatic carbocycles. The number of nitrogens with zero attached hydrogens (tertiary/aromatic N) is 2. The van der Waals surface area contributed by atoms with Crippen LogP contribution in [0.25, 0.3) is 0 Å². The van der Waals surface area contributed by atoms with Crippen LogP contribution < -0.4 is 0 Å². The lowest BCUT2D eigenvalue weighted by Crippen LogP contribution is -2.51. The Hall–Kier alpha value is -0.260. The number of carbonyl (C=O) groups is 1. The summed E-state index contributed by atoms with van der Waals surface area (Å²) in [6.45, 7) is 5.39. The van der Waals surface area contributed by atoms with Crippen molar-refractivity contribution in [3.05, 3.63) is 0 Å². The fourth-order valence-electron chi connectivity index (χ4n) is 2.31. The molecule has 0 saturated carbocycles. The molecule has 2 fully saturated rings. The van der Waals surface area contributed by atoms with Crippen molar-refractivity contribution >= 4 is 18.5 Å². The van der Waals surface area contributed by atoms with Gasteiger partial charge in [0.05, 0.1) is 0 Å². The van der Waals surface area contributed by atoms with E-state index < -0.39 is 0 Å². The maximum absolute atomic E-state index is 12.0. The van der Waals surface area contributed by atoms with Crippen molar-refractivity contribution in [1.29, 1.82) is 0 Å². The van der Waals surface area contributed by atoms with Gasteiger partial charge in [0, 0.05) is 45.1 Å². The first-order valence-electron chi connectivity index (χ1n) is 6.05. The maximum Gasteiger partial charge on any atom is 0.251 e. The molecule has 1 atom stereocenters. The average Bonchev–Trinajstić information content (AvgIpc) is 2.83. The van der Waals surface area contributed by atoms with E-state index >= 15 is 0 Å². The van der Waals surface area contributed by atoms with Gasteiger partial charge in [-0.1, -0.05) is 0 Å². The molecular formula is C11H20N2O2S. The van der Waals surface area contributed by atoms with Crippen LogP contribution in [0.2, 0.25) is 0 Å². The van der Waals surface area contributed by atoms with Crippen LogP contribution in [0.15, 0.2) is 0 Å². The van der Waals surface area contributed by atoms with Gasteiger partial charge in [-0.05, 0) is 12.8 Å². The Morgan fingerprint density at radius 2 is 2.06 bits per heavy atom. The summed E-state index contributed by atoms with van der Waals surface area (Å²) in [5.41, 5.74) is 0. The third kappa shape index (κ3) is 2.90. The van der Waals surface area contributed by atoms with Crippen molar-refractivity contribution in [1.82, 2.24) is 9.80 Å². The first-order chi connectivity index (χ1) is 7.81. The topological polar surface area (TPSA) is 32.8 Å². The van der Waals surface area contributed by atoms with Gasteiger partial charge in [-0.2, -0.15) is 12.6 Å². The highest BCUT2D eigenvalue weighted by molar-refractivity contribution is 7.80. The van der Waals surface area contributed by atoms with Crippen LogP contribution in [0.1, 0.15) is 12.8 Å². The Morgan fingerprint density at radius 1 is 1.31 bits per heavy atom. The quantitative estimate of drug-likeness (QED) is 0.722. The fraction of sp³-hybridized carbons (Fsp3) is 0.909. The monoisotopic (exact) mass is 244 g/mol. The summed E-state index contributed by atoms with van der Waals surface area (Å²) >= 11 is 4.22. The predicted molar refractivity (Wildman–Crippen MR) is 65.8 cm³/mol. The highest BCUT2D eigenvalue weighted by Gasteiger charge is 2.29. The van der Waals surface area contributed by atoms with Crippen LogP contribution in [0.4, 0.5) is 0 Å². The summed E-state index contributed by atoms with van der Waals surface area (Å²) in [7, 11) is 0. The number of hydrogen-bond acceptors (Lipinski definition) is 4. The second kappa shape index (κ2) is 5.89. The molecule has 0 aromatic rings. The van der Waals surface area contributed by atoms with E-state index in [-0.39, 0.29) is 12.0 Å². The lowest BCUT2D eigenvalue weighted by atomic mass is 10.2. The Kier molecular flexibility index (Phi) is 4.49. The highest BCUT2D eigenvalue weighted by atomic mass is 32.1. The van der Waals surface area contributed by atoms with Gasteiger partial charge < -0.3 is 9.64 Å². The van der Waals surface area contributed by atoms with Gasteiger partial charge in [-0.25, -0.2) is 0 Å². The molecule has 2 heterocycles. The van der Waals surface area contributed by atoms with Crippen molar-refractivity contribution in [2.75, 3.05) is 45.1 Å². The Balaban J connectivity index is 1.77. The zero-order valence-electron chi connectivity index (χ0n) is 9.60. The molecule has 0 radical (unpaired) electrons. The summed E-state index contributed by atoms with van der Waals surface area (Å²) in [6.07, 6.45) is 1.77. The van der Waals surface area contributed by atoms with Crippen molar-refractivity contribution in [2.45, 2.75) is 18.9 Å². The van der Waals surface area contributed by atoms with E-state index in [1.165, 1.54) is 0 Å². The molecule has 0 aromatic carbocycles. The highest BCUT2D eigenvalue weighted by Crippen LogP contribution is 2.15. The second-order valence-corrected chi connectivity index (χ2v) is 4.84. The molecule has 2 aliphatic heterocycles. The fourth-order valence-corrected chi connectivity index (χ4v) is 2.59. The molecule has 5 heteroatoms. The number of ether oxygens (including phenoxy) is 1. The van der Waals surface area contributed by atoms with Crippen LogP contribution in [0, 0.1) is 0 Å².